The van der Waals surface area contributed by atoms with Gasteiger partial charge in [-0.2, -0.15) is 49.8 Å². The molecule has 5 atom stereocenters. The summed E-state index contributed by atoms with van der Waals surface area (Å²) in [6.07, 6.45) is 14.2. The lowest BCUT2D eigenvalue weighted by Crippen LogP contribution is -2.23. The lowest BCUT2D eigenvalue weighted by atomic mass is 10.1. The molecule has 15 heterocycles. The minimum atomic E-state index is -0.461. The van der Waals surface area contributed by atoms with Crippen molar-refractivity contribution in [3.63, 3.8) is 0 Å². The number of hydrogen-bond donors (Lipinski definition) is 11. The maximum atomic E-state index is 15.0. The van der Waals surface area contributed by atoms with Crippen LogP contribution < -0.4 is 55.3 Å². The standard InChI is InChI=1S/C16H17ClF2N6.C16H18ClFN6.2C16H19ClFN5O.C15H17ClFN5O/c1-8(20)5-11-13(19)12-14(23-16(17)24-15(12)25(11)2)22-6-9-3-4-21-7-10(9)18;1-9(19)7-11-13(18)12-14(21-8-10-3-5-20-6-4-10)22-16(17)23-15(12)24(11)2;1-3-9(19)7-11-13(18)12-14(20-8-10-5-4-6-24-10)21-16(17)22-15(12)23(11)2;1-3-23-11(7-9(2)19)13(18)12-14(21-16(17)22-15(12)23)20-8-10-5-4-6-24-10;1-2-8(18)6-10-12(17)11-13(19-7-9-4-3-5-23-9)21-15(16)22-14(11)20-10/h3-4,7-8H,5-6,20H2,1-2H3,(H,22,23,24);3-6,9H,7-8,19H2,1-2H3,(H,21,22,23);2*4-6,9H,3,7-8,19H2,1-2H3,(H,20,21,22);3-5,8H,2,6-7,18H2,1H3,(H2,19,20,21,22)/t8-;3*9-;8-/m00000/s1. The number of nitrogens with zero attached hydrogens (tertiary/aromatic N) is 16. The molecule has 636 valence electrons. The quantitative estimate of drug-likeness (QED) is 0.0160. The Morgan fingerprint density at radius 1 is 0.408 bits per heavy atom. The molecular formula is C79H90Cl5F6N27O3. The zero-order chi connectivity index (χ0) is 86.3. The van der Waals surface area contributed by atoms with E-state index >= 15 is 4.39 Å². The first-order valence-electron chi connectivity index (χ1n) is 38.1. The highest BCUT2D eigenvalue weighted by Crippen LogP contribution is 2.36. The van der Waals surface area contributed by atoms with Crippen LogP contribution >= 0.6 is 58.0 Å². The van der Waals surface area contributed by atoms with E-state index in [1.807, 2.05) is 65.0 Å². The first-order valence-corrected chi connectivity index (χ1v) is 39.9. The van der Waals surface area contributed by atoms with E-state index in [4.69, 9.17) is 99.9 Å². The number of H-pyrrole nitrogens is 1. The Balaban J connectivity index is 0.000000147. The van der Waals surface area contributed by atoms with Crippen molar-refractivity contribution in [2.75, 3.05) is 26.6 Å². The van der Waals surface area contributed by atoms with Gasteiger partial charge in [0.05, 0.1) is 100 Å². The molecule has 0 aromatic carbocycles. The van der Waals surface area contributed by atoms with Gasteiger partial charge < -0.3 is 91.8 Å². The van der Waals surface area contributed by atoms with Gasteiger partial charge in [-0.05, 0) is 159 Å². The molecule has 16 N–H and O–H groups in total. The lowest BCUT2D eigenvalue weighted by Gasteiger charge is -2.09. The number of anilines is 5. The van der Waals surface area contributed by atoms with Crippen molar-refractivity contribution in [3.05, 3.63) is 216 Å². The van der Waals surface area contributed by atoms with Gasteiger partial charge in [0.25, 0.3) is 0 Å². The van der Waals surface area contributed by atoms with Crippen molar-refractivity contribution in [2.45, 2.75) is 156 Å². The van der Waals surface area contributed by atoms with Crippen LogP contribution in [-0.4, -0.2) is 113 Å². The third-order valence-corrected chi connectivity index (χ3v) is 19.9. The highest BCUT2D eigenvalue weighted by atomic mass is 35.5. The van der Waals surface area contributed by atoms with Crippen molar-refractivity contribution in [2.24, 2.45) is 49.8 Å². The maximum absolute atomic E-state index is 15.0. The summed E-state index contributed by atoms with van der Waals surface area (Å²) in [4.78, 5) is 51.9. The molecule has 41 heteroatoms. The van der Waals surface area contributed by atoms with Crippen molar-refractivity contribution in [3.8, 4) is 0 Å². The van der Waals surface area contributed by atoms with E-state index in [0.717, 1.165) is 24.6 Å². The smallest absolute Gasteiger partial charge is 0.226 e. The van der Waals surface area contributed by atoms with Gasteiger partial charge in [0.2, 0.25) is 26.4 Å². The fourth-order valence-corrected chi connectivity index (χ4v) is 13.9. The third-order valence-electron chi connectivity index (χ3n) is 19.1. The van der Waals surface area contributed by atoms with E-state index in [1.54, 1.807) is 95.7 Å². The largest absolute Gasteiger partial charge is 0.467 e. The van der Waals surface area contributed by atoms with Gasteiger partial charge in [0.15, 0.2) is 29.1 Å². The molecule has 0 bridgehead atoms. The molecule has 15 rings (SSSR count). The normalized spacial score (nSPS) is 12.6. The van der Waals surface area contributed by atoms with Gasteiger partial charge in [-0.1, -0.05) is 13.8 Å². The van der Waals surface area contributed by atoms with E-state index < -0.39 is 17.5 Å². The molecule has 120 heavy (non-hydrogen) atoms. The number of hydrogen-bond acceptors (Lipinski definition) is 25. The molecule has 0 aliphatic carbocycles. The number of nitrogens with two attached hydrogens (primary N) is 5. The molecule has 0 saturated carbocycles. The molecule has 0 saturated heterocycles. The summed E-state index contributed by atoms with van der Waals surface area (Å²) in [6.45, 7) is 13.6. The number of halogens is 11. The molecule has 15 aromatic heterocycles. The summed E-state index contributed by atoms with van der Waals surface area (Å²) in [5.74, 6) is 1.30. The monoisotopic (exact) mass is 1750 g/mol. The average Bonchev–Trinajstić information content (AvgIpc) is 1.63. The van der Waals surface area contributed by atoms with E-state index in [1.165, 1.54) is 12.3 Å². The van der Waals surface area contributed by atoms with Crippen LogP contribution in [0, 0.1) is 34.9 Å². The topological polar surface area (TPSA) is 420 Å². The van der Waals surface area contributed by atoms with Crippen molar-refractivity contribution < 1.29 is 39.6 Å². The summed E-state index contributed by atoms with van der Waals surface area (Å²) >= 11 is 29.9. The molecule has 0 fully saturated rings. The number of aryl methyl sites for hydroxylation is 4. The van der Waals surface area contributed by atoms with Crippen LogP contribution in [0.25, 0.3) is 55.2 Å². The molecule has 0 amide bonds. The number of fused-ring (bicyclic) bond motifs is 5. The number of nitrogens with one attached hydrogen (secondary N) is 6. The number of rotatable bonds is 28. The molecule has 30 nitrogen and oxygen atoms in total. The van der Waals surface area contributed by atoms with Crippen LogP contribution in [0.5, 0.6) is 0 Å². The minimum Gasteiger partial charge on any atom is -0.467 e. The van der Waals surface area contributed by atoms with E-state index in [2.05, 4.69) is 91.4 Å². The second kappa shape index (κ2) is 40.9. The number of furan rings is 3. The van der Waals surface area contributed by atoms with Crippen LogP contribution in [0.4, 0.5) is 55.4 Å². The van der Waals surface area contributed by atoms with Crippen molar-refractivity contribution >= 4 is 142 Å². The predicted octanol–water partition coefficient (Wildman–Crippen LogP) is 15.3. The molecule has 0 radical (unpaired) electrons. The van der Waals surface area contributed by atoms with Gasteiger partial charge >= 0.3 is 0 Å². The van der Waals surface area contributed by atoms with Crippen LogP contribution in [0.3, 0.4) is 0 Å². The summed E-state index contributed by atoms with van der Waals surface area (Å²) in [6, 6.07) is 15.3. The second-order valence-corrected chi connectivity index (χ2v) is 29.9. The van der Waals surface area contributed by atoms with Crippen LogP contribution in [0.1, 0.15) is 111 Å². The zero-order valence-corrected chi connectivity index (χ0v) is 70.5. The summed E-state index contributed by atoms with van der Waals surface area (Å²) in [5.41, 5.74) is 35.1. The second-order valence-electron chi connectivity index (χ2n) is 28.2. The molecule has 0 spiro atoms. The molecule has 0 aliphatic heterocycles. The van der Waals surface area contributed by atoms with Gasteiger partial charge in [0.1, 0.15) is 80.4 Å². The van der Waals surface area contributed by atoms with E-state index in [9.17, 15) is 22.0 Å². The Labute approximate surface area is 709 Å². The molecular weight excluding hydrogens is 1670 g/mol. The van der Waals surface area contributed by atoms with Gasteiger partial charge in [0, 0.05) is 127 Å². The Morgan fingerprint density at radius 3 is 1.17 bits per heavy atom. The number of aromatic nitrogens is 17. The van der Waals surface area contributed by atoms with Gasteiger partial charge in [-0.25, -0.2) is 26.3 Å². The average molecular weight is 1760 g/mol. The maximum Gasteiger partial charge on any atom is 0.226 e. The van der Waals surface area contributed by atoms with Crippen LogP contribution in [0.2, 0.25) is 26.4 Å². The van der Waals surface area contributed by atoms with Crippen LogP contribution in [0.15, 0.2) is 111 Å². The van der Waals surface area contributed by atoms with Crippen molar-refractivity contribution in [1.82, 2.24) is 83.1 Å². The van der Waals surface area contributed by atoms with E-state index in [0.29, 0.717) is 184 Å². The third kappa shape index (κ3) is 21.6. The minimum absolute atomic E-state index is 0.0295. The highest BCUT2D eigenvalue weighted by molar-refractivity contribution is 6.30. The fourth-order valence-electron chi connectivity index (χ4n) is 13.0. The SMILES string of the molecule is CC[C@H](N)Cc1[nH]c2nc(Cl)nc(NCc3ccco3)c2c1F.CC[C@H](N)Cc1c(F)c2c(NCc3ccco3)nc(Cl)nc2n1C.CCn1c(C[C@H](C)N)c(F)c2c(NCc3ccco3)nc(Cl)nc21.C[C@H](N)Cc1c(F)c2c(NCc3ccncc3)nc(Cl)nc2n1C.C[C@H](N)Cc1c(F)c2c(NCc3ccncc3F)nc(Cl)nc2n1C. The van der Waals surface area contributed by atoms with Crippen LogP contribution in [-0.2, 0) is 92.5 Å². The summed E-state index contributed by atoms with van der Waals surface area (Å²) in [5, 5.41) is 16.9. The van der Waals surface area contributed by atoms with Crippen molar-refractivity contribution in [1.29, 1.82) is 0 Å². The number of aromatic amines is 1. The predicted molar refractivity (Wildman–Crippen MR) is 455 cm³/mol. The summed E-state index contributed by atoms with van der Waals surface area (Å²) < 4.78 is 111. The Morgan fingerprint density at radius 2 is 0.767 bits per heavy atom. The first kappa shape index (κ1) is 89.8. The molecule has 15 aromatic rings. The lowest BCUT2D eigenvalue weighted by molar-refractivity contribution is 0.517. The fraction of sp³-hybridized carbons (Fsp3) is 0.342. The van der Waals surface area contributed by atoms with Gasteiger partial charge in [-0.15, -0.1) is 0 Å². The van der Waals surface area contributed by atoms with Gasteiger partial charge in [-0.3, -0.25) is 9.97 Å². The Bertz CT molecular complexity index is 5950. The van der Waals surface area contributed by atoms with E-state index in [-0.39, 0.29) is 97.2 Å². The molecule has 0 unspecified atom stereocenters. The Kier molecular flexibility index (Phi) is 30.6. The first-order chi connectivity index (χ1) is 57.4. The zero-order valence-electron chi connectivity index (χ0n) is 66.7. The highest BCUT2D eigenvalue weighted by Gasteiger charge is 2.29. The number of pyridine rings is 2. The summed E-state index contributed by atoms with van der Waals surface area (Å²) in [7, 11) is 5.20. The molecule has 0 aliphatic rings. The Hall–Kier alpha value is -10.9.